The molecule has 0 bridgehead atoms. The molecular formula is C19H18BrClN2O2S. The molecule has 0 saturated carbocycles. The number of hydrogen-bond donors (Lipinski definition) is 1. The average molecular weight is 454 g/mol. The van der Waals surface area contributed by atoms with Crippen molar-refractivity contribution in [1.29, 1.82) is 0 Å². The molecule has 136 valence electrons. The monoisotopic (exact) mass is 452 g/mol. The smallest absolute Gasteiger partial charge is 0.263 e. The van der Waals surface area contributed by atoms with Crippen LogP contribution in [0.2, 0.25) is 5.02 Å². The Hall–Kier alpha value is -1.63. The molecule has 0 saturated heterocycles. The largest absolute Gasteiger partial charge is 0.497 e. The molecule has 26 heavy (non-hydrogen) atoms. The van der Waals surface area contributed by atoms with Crippen molar-refractivity contribution < 1.29 is 9.53 Å². The summed E-state index contributed by atoms with van der Waals surface area (Å²) in [5.41, 5.74) is 2.70. The fourth-order valence-corrected chi connectivity index (χ4v) is 5.02. The van der Waals surface area contributed by atoms with E-state index in [1.807, 2.05) is 45.0 Å². The highest BCUT2D eigenvalue weighted by Crippen LogP contribution is 2.39. The van der Waals surface area contributed by atoms with Crippen LogP contribution >= 0.6 is 38.9 Å². The summed E-state index contributed by atoms with van der Waals surface area (Å²) >= 11 is 11.2. The number of nitrogens with one attached hydrogen (secondary N) is 1. The molecule has 0 aliphatic heterocycles. The predicted octanol–water partition coefficient (Wildman–Crippen LogP) is 5.83. The lowest BCUT2D eigenvalue weighted by Gasteiger charge is -2.14. The molecule has 1 atom stereocenters. The lowest BCUT2D eigenvalue weighted by molar-refractivity contribution is 0.0943. The molecule has 1 N–H and O–H groups in total. The number of methoxy groups -OCH3 is 1. The number of halogens is 2. The molecule has 1 unspecified atom stereocenters. The van der Waals surface area contributed by atoms with Gasteiger partial charge in [-0.05, 0) is 60.0 Å². The van der Waals surface area contributed by atoms with E-state index < -0.39 is 0 Å². The average Bonchev–Trinajstić information content (AvgIpc) is 2.96. The van der Waals surface area contributed by atoms with E-state index in [-0.39, 0.29) is 11.9 Å². The van der Waals surface area contributed by atoms with Gasteiger partial charge in [-0.25, -0.2) is 4.98 Å². The van der Waals surface area contributed by atoms with Gasteiger partial charge in [0.15, 0.2) is 0 Å². The molecule has 0 fully saturated rings. The second-order valence-corrected chi connectivity index (χ2v) is 8.20. The number of ether oxygens (including phenoxy) is 1. The second kappa shape index (κ2) is 7.55. The molecule has 2 aromatic heterocycles. The van der Waals surface area contributed by atoms with Gasteiger partial charge in [0.2, 0.25) is 0 Å². The molecule has 4 nitrogen and oxygen atoms in total. The Bertz CT molecular complexity index is 986. The Kier molecular flexibility index (Phi) is 5.55. The Labute approximate surface area is 169 Å². The van der Waals surface area contributed by atoms with E-state index in [2.05, 4.69) is 26.2 Å². The van der Waals surface area contributed by atoms with E-state index in [0.717, 1.165) is 37.3 Å². The number of aryl methyl sites for hydroxylation is 2. The minimum atomic E-state index is -0.142. The molecule has 2 heterocycles. The summed E-state index contributed by atoms with van der Waals surface area (Å²) < 4.78 is 5.91. The summed E-state index contributed by atoms with van der Waals surface area (Å²) in [5, 5.41) is 4.57. The molecular weight excluding hydrogens is 436 g/mol. The minimum absolute atomic E-state index is 0.134. The van der Waals surface area contributed by atoms with Crippen molar-refractivity contribution in [3.8, 4) is 5.75 Å². The molecule has 3 aromatic rings. The highest BCUT2D eigenvalue weighted by Gasteiger charge is 2.22. The first-order valence-electron chi connectivity index (χ1n) is 8.03. The zero-order valence-corrected chi connectivity index (χ0v) is 18.0. The summed E-state index contributed by atoms with van der Waals surface area (Å²) in [6.07, 6.45) is 0. The summed E-state index contributed by atoms with van der Waals surface area (Å²) in [4.78, 5) is 18.7. The van der Waals surface area contributed by atoms with Gasteiger partial charge < -0.3 is 10.1 Å². The third kappa shape index (κ3) is 3.46. The number of thiophene rings is 1. The number of nitrogens with zero attached hydrogens (tertiary/aromatic N) is 1. The number of pyridine rings is 1. The van der Waals surface area contributed by atoms with Crippen molar-refractivity contribution in [3.63, 3.8) is 0 Å². The topological polar surface area (TPSA) is 51.2 Å². The lowest BCUT2D eigenvalue weighted by atomic mass is 10.1. The van der Waals surface area contributed by atoms with Gasteiger partial charge in [0.1, 0.15) is 15.5 Å². The van der Waals surface area contributed by atoms with Crippen LogP contribution in [0.3, 0.4) is 0 Å². The van der Waals surface area contributed by atoms with Crippen LogP contribution < -0.4 is 10.1 Å². The van der Waals surface area contributed by atoms with Gasteiger partial charge in [-0.15, -0.1) is 11.3 Å². The van der Waals surface area contributed by atoms with E-state index in [0.29, 0.717) is 9.90 Å². The van der Waals surface area contributed by atoms with E-state index >= 15 is 0 Å². The number of carbonyl (C=O) groups excluding carboxylic acids is 1. The van der Waals surface area contributed by atoms with E-state index in [9.17, 15) is 4.79 Å². The van der Waals surface area contributed by atoms with Crippen LogP contribution in [0, 0.1) is 13.8 Å². The molecule has 1 amide bonds. The number of benzene rings is 1. The predicted molar refractivity (Wildman–Crippen MR) is 111 cm³/mol. The van der Waals surface area contributed by atoms with Crippen molar-refractivity contribution in [2.75, 3.05) is 7.11 Å². The minimum Gasteiger partial charge on any atom is -0.497 e. The van der Waals surface area contributed by atoms with Gasteiger partial charge in [0.25, 0.3) is 5.91 Å². The highest BCUT2D eigenvalue weighted by atomic mass is 79.9. The number of amides is 1. The maximum absolute atomic E-state index is 12.8. The SMILES string of the molecule is COc1ccc(C(C)NC(=O)c2sc3nc(C)c(Cl)c(C)c3c2Br)cc1. The summed E-state index contributed by atoms with van der Waals surface area (Å²) in [6.45, 7) is 5.76. The third-order valence-corrected chi connectivity index (χ3v) is 6.99. The third-order valence-electron chi connectivity index (χ3n) is 4.29. The first-order valence-corrected chi connectivity index (χ1v) is 10.0. The molecule has 1 aromatic carbocycles. The Morgan fingerprint density at radius 2 is 1.96 bits per heavy atom. The van der Waals surface area contributed by atoms with Crippen LogP contribution in [0.4, 0.5) is 0 Å². The van der Waals surface area contributed by atoms with Gasteiger partial charge in [-0.2, -0.15) is 0 Å². The maximum Gasteiger partial charge on any atom is 0.263 e. The van der Waals surface area contributed by atoms with Crippen LogP contribution in [0.15, 0.2) is 28.7 Å². The van der Waals surface area contributed by atoms with Crippen LogP contribution in [0.1, 0.15) is 39.5 Å². The number of fused-ring (bicyclic) bond motifs is 1. The number of aromatic nitrogens is 1. The van der Waals surface area contributed by atoms with Crippen LogP contribution in [0.5, 0.6) is 5.75 Å². The van der Waals surface area contributed by atoms with Crippen LogP contribution in [-0.4, -0.2) is 18.0 Å². The normalized spacial score (nSPS) is 12.2. The Morgan fingerprint density at radius 1 is 1.31 bits per heavy atom. The Morgan fingerprint density at radius 3 is 2.58 bits per heavy atom. The van der Waals surface area contributed by atoms with Gasteiger partial charge in [0, 0.05) is 5.39 Å². The number of hydrogen-bond acceptors (Lipinski definition) is 4. The van der Waals surface area contributed by atoms with E-state index in [1.54, 1.807) is 7.11 Å². The van der Waals surface area contributed by atoms with E-state index in [4.69, 9.17) is 16.3 Å². The second-order valence-electron chi connectivity index (χ2n) is 6.03. The fourth-order valence-electron chi connectivity index (χ4n) is 2.77. The van der Waals surface area contributed by atoms with Gasteiger partial charge in [-0.3, -0.25) is 4.79 Å². The fraction of sp³-hybridized carbons (Fsp3) is 0.263. The van der Waals surface area contributed by atoms with Crippen LogP contribution in [-0.2, 0) is 0 Å². The van der Waals surface area contributed by atoms with Gasteiger partial charge >= 0.3 is 0 Å². The molecule has 0 spiro atoms. The van der Waals surface area contributed by atoms with Crippen molar-refractivity contribution >= 4 is 55.0 Å². The summed E-state index contributed by atoms with van der Waals surface area (Å²) in [6, 6.07) is 7.51. The first kappa shape index (κ1) is 19.1. The summed E-state index contributed by atoms with van der Waals surface area (Å²) in [7, 11) is 1.63. The zero-order valence-electron chi connectivity index (χ0n) is 14.8. The molecule has 0 radical (unpaired) electrons. The van der Waals surface area contributed by atoms with Crippen molar-refractivity contribution in [2.24, 2.45) is 0 Å². The van der Waals surface area contributed by atoms with Crippen LogP contribution in [0.25, 0.3) is 10.2 Å². The van der Waals surface area contributed by atoms with Crippen molar-refractivity contribution in [2.45, 2.75) is 26.8 Å². The Balaban J connectivity index is 1.90. The number of carbonyl (C=O) groups is 1. The maximum atomic E-state index is 12.8. The molecule has 0 aliphatic carbocycles. The molecule has 7 heteroatoms. The van der Waals surface area contributed by atoms with Gasteiger partial charge in [0.05, 0.1) is 28.3 Å². The first-order chi connectivity index (χ1) is 12.3. The van der Waals surface area contributed by atoms with Gasteiger partial charge in [-0.1, -0.05) is 23.7 Å². The standard InChI is InChI=1S/C19H18BrClN2O2S/c1-9-14-15(20)17(26-19(14)23-11(3)16(9)21)18(24)22-10(2)12-5-7-13(25-4)8-6-12/h5-8,10H,1-4H3,(H,22,24). The highest BCUT2D eigenvalue weighted by molar-refractivity contribution is 9.10. The quantitative estimate of drug-likeness (QED) is 0.541. The lowest BCUT2D eigenvalue weighted by Crippen LogP contribution is -2.26. The molecule has 3 rings (SSSR count). The van der Waals surface area contributed by atoms with E-state index in [1.165, 1.54) is 11.3 Å². The zero-order chi connectivity index (χ0) is 19.0. The summed E-state index contributed by atoms with van der Waals surface area (Å²) in [5.74, 6) is 0.643. The molecule has 0 aliphatic rings. The van der Waals surface area contributed by atoms with Crippen molar-refractivity contribution in [1.82, 2.24) is 10.3 Å². The van der Waals surface area contributed by atoms with Crippen molar-refractivity contribution in [3.05, 3.63) is 55.5 Å². The number of rotatable bonds is 4.